The van der Waals surface area contributed by atoms with Crippen LogP contribution in [0.15, 0.2) is 65.6 Å². The predicted octanol–water partition coefficient (Wildman–Crippen LogP) is 4.98. The molecule has 0 fully saturated rings. The lowest BCUT2D eigenvalue weighted by atomic mass is 9.96. The molecule has 0 saturated carbocycles. The van der Waals surface area contributed by atoms with Crippen LogP contribution in [0.5, 0.6) is 5.75 Å². The highest BCUT2D eigenvalue weighted by molar-refractivity contribution is 7.92. The first kappa shape index (κ1) is 24.3. The Kier molecular flexibility index (Phi) is 7.43. The number of anilines is 1. The first-order chi connectivity index (χ1) is 15.5. The number of benzene rings is 3. The van der Waals surface area contributed by atoms with Crippen molar-refractivity contribution in [3.63, 3.8) is 0 Å². The summed E-state index contributed by atoms with van der Waals surface area (Å²) in [4.78, 5) is 12.5. The van der Waals surface area contributed by atoms with Crippen LogP contribution in [-0.4, -0.2) is 20.9 Å². The van der Waals surface area contributed by atoms with Gasteiger partial charge in [-0.1, -0.05) is 24.3 Å². The van der Waals surface area contributed by atoms with Crippen LogP contribution in [0.2, 0.25) is 0 Å². The van der Waals surface area contributed by atoms with Gasteiger partial charge in [0, 0.05) is 5.69 Å². The summed E-state index contributed by atoms with van der Waals surface area (Å²) in [7, 11) is -3.72. The van der Waals surface area contributed by atoms with Crippen LogP contribution in [0, 0.1) is 27.7 Å². The van der Waals surface area contributed by atoms with Crippen LogP contribution in [-0.2, 0) is 14.8 Å². The summed E-state index contributed by atoms with van der Waals surface area (Å²) in [6.45, 7) is 9.82. The monoisotopic (exact) mass is 466 g/mol. The molecular formula is C26H30N2O4S. The number of rotatable bonds is 8. The van der Waals surface area contributed by atoms with E-state index in [-0.39, 0.29) is 23.5 Å². The van der Waals surface area contributed by atoms with E-state index in [9.17, 15) is 13.2 Å². The molecule has 1 atom stereocenters. The summed E-state index contributed by atoms with van der Waals surface area (Å²) in [6.07, 6.45) is 0. The minimum Gasteiger partial charge on any atom is -0.484 e. The zero-order valence-electron chi connectivity index (χ0n) is 19.6. The van der Waals surface area contributed by atoms with Crippen LogP contribution < -0.4 is 14.8 Å². The third-order valence-electron chi connectivity index (χ3n) is 5.50. The lowest BCUT2D eigenvalue weighted by molar-refractivity contribution is -0.123. The largest absolute Gasteiger partial charge is 0.484 e. The minimum absolute atomic E-state index is 0.111. The fourth-order valence-electron chi connectivity index (χ4n) is 3.60. The van der Waals surface area contributed by atoms with Crippen molar-refractivity contribution < 1.29 is 17.9 Å². The van der Waals surface area contributed by atoms with Crippen molar-refractivity contribution in [2.45, 2.75) is 45.6 Å². The van der Waals surface area contributed by atoms with Gasteiger partial charge in [0.2, 0.25) is 0 Å². The number of aryl methyl sites for hydroxylation is 4. The average Bonchev–Trinajstić information content (AvgIpc) is 2.74. The molecule has 3 aromatic rings. The lowest BCUT2D eigenvalue weighted by Crippen LogP contribution is -2.31. The van der Waals surface area contributed by atoms with Gasteiger partial charge in [0.1, 0.15) is 5.75 Å². The van der Waals surface area contributed by atoms with Gasteiger partial charge in [-0.05, 0) is 98.8 Å². The van der Waals surface area contributed by atoms with E-state index in [0.717, 1.165) is 16.7 Å². The van der Waals surface area contributed by atoms with Crippen molar-refractivity contribution in [2.75, 3.05) is 11.3 Å². The maximum Gasteiger partial charge on any atom is 0.261 e. The molecule has 0 unspecified atom stereocenters. The van der Waals surface area contributed by atoms with Crippen molar-refractivity contribution in [3.05, 3.63) is 88.5 Å². The Morgan fingerprint density at radius 1 is 0.909 bits per heavy atom. The maximum absolute atomic E-state index is 12.6. The van der Waals surface area contributed by atoms with Gasteiger partial charge in [-0.15, -0.1) is 0 Å². The second-order valence-electron chi connectivity index (χ2n) is 8.32. The molecule has 3 rings (SSSR count). The van der Waals surface area contributed by atoms with Gasteiger partial charge < -0.3 is 10.1 Å². The van der Waals surface area contributed by atoms with Gasteiger partial charge in [-0.2, -0.15) is 0 Å². The van der Waals surface area contributed by atoms with E-state index in [4.69, 9.17) is 4.74 Å². The van der Waals surface area contributed by atoms with Gasteiger partial charge in [-0.25, -0.2) is 8.42 Å². The van der Waals surface area contributed by atoms with E-state index in [1.807, 2.05) is 26.8 Å². The summed E-state index contributed by atoms with van der Waals surface area (Å²) in [5, 5.41) is 2.95. The number of hydrogen-bond acceptors (Lipinski definition) is 4. The molecule has 7 heteroatoms. The molecule has 0 spiro atoms. The molecule has 2 N–H and O–H groups in total. The minimum atomic E-state index is -3.72. The number of amides is 1. The summed E-state index contributed by atoms with van der Waals surface area (Å²) in [5.74, 6) is 0.160. The zero-order valence-corrected chi connectivity index (χ0v) is 20.4. The van der Waals surface area contributed by atoms with Crippen molar-refractivity contribution in [1.82, 2.24) is 5.32 Å². The summed E-state index contributed by atoms with van der Waals surface area (Å²) >= 11 is 0. The highest BCUT2D eigenvalue weighted by atomic mass is 32.2. The third-order valence-corrected chi connectivity index (χ3v) is 6.90. The second-order valence-corrected chi connectivity index (χ2v) is 10.00. The van der Waals surface area contributed by atoms with Crippen molar-refractivity contribution >= 4 is 21.6 Å². The molecule has 0 saturated heterocycles. The lowest BCUT2D eigenvalue weighted by Gasteiger charge is -2.18. The number of carbonyl (C=O) groups excluding carboxylic acids is 1. The highest BCUT2D eigenvalue weighted by Gasteiger charge is 2.16. The van der Waals surface area contributed by atoms with E-state index in [2.05, 4.69) is 36.0 Å². The molecule has 33 heavy (non-hydrogen) atoms. The van der Waals surface area contributed by atoms with Gasteiger partial charge >= 0.3 is 0 Å². The molecule has 6 nitrogen and oxygen atoms in total. The first-order valence-corrected chi connectivity index (χ1v) is 12.2. The molecule has 0 bridgehead atoms. The van der Waals surface area contributed by atoms with Crippen LogP contribution in [0.3, 0.4) is 0 Å². The topological polar surface area (TPSA) is 84.5 Å². The molecule has 0 aliphatic heterocycles. The van der Waals surface area contributed by atoms with Crippen molar-refractivity contribution in [2.24, 2.45) is 0 Å². The van der Waals surface area contributed by atoms with Gasteiger partial charge in [-0.3, -0.25) is 9.52 Å². The molecule has 0 aliphatic rings. The fraction of sp³-hybridized carbons (Fsp3) is 0.269. The van der Waals surface area contributed by atoms with Gasteiger partial charge in [0.15, 0.2) is 6.61 Å². The standard InChI is InChI=1S/C26H30N2O4S/c1-17-7-6-8-22(13-17)28-33(30,31)24-11-9-23(10-12-24)32-16-26(29)27-21(5)25-15-19(3)18(2)14-20(25)4/h6-15,21,28H,16H2,1-5H3,(H,27,29)/t21-/m0/s1. The zero-order chi connectivity index (χ0) is 24.2. The number of ether oxygens (including phenoxy) is 1. The Hall–Kier alpha value is -3.32. The Labute approximate surface area is 196 Å². The van der Waals surface area contributed by atoms with Crippen molar-refractivity contribution in [3.8, 4) is 5.75 Å². The van der Waals surface area contributed by atoms with Crippen LogP contribution in [0.1, 0.15) is 40.8 Å². The SMILES string of the molecule is Cc1cccc(NS(=O)(=O)c2ccc(OCC(=O)N[C@@H](C)c3cc(C)c(C)cc3C)cc2)c1. The highest BCUT2D eigenvalue weighted by Crippen LogP contribution is 2.22. The maximum atomic E-state index is 12.6. The molecule has 0 aliphatic carbocycles. The normalized spacial score (nSPS) is 12.2. The van der Waals surface area contributed by atoms with Crippen LogP contribution >= 0.6 is 0 Å². The fourth-order valence-corrected chi connectivity index (χ4v) is 4.65. The number of carbonyl (C=O) groups is 1. The molecule has 0 heterocycles. The first-order valence-electron chi connectivity index (χ1n) is 10.7. The second kappa shape index (κ2) is 10.1. The van der Waals surface area contributed by atoms with E-state index in [1.54, 1.807) is 18.2 Å². The van der Waals surface area contributed by atoms with Crippen LogP contribution in [0.25, 0.3) is 0 Å². The summed E-state index contributed by atoms with van der Waals surface area (Å²) in [5.41, 5.74) is 6.06. The van der Waals surface area contributed by atoms with E-state index in [1.165, 1.54) is 35.4 Å². The molecule has 174 valence electrons. The third kappa shape index (κ3) is 6.35. The van der Waals surface area contributed by atoms with Gasteiger partial charge in [0.05, 0.1) is 10.9 Å². The Balaban J connectivity index is 1.58. The molecule has 3 aromatic carbocycles. The molecule has 0 radical (unpaired) electrons. The van der Waals surface area contributed by atoms with E-state index >= 15 is 0 Å². The summed E-state index contributed by atoms with van der Waals surface area (Å²) in [6, 6.07) is 17.2. The Morgan fingerprint density at radius 3 is 2.24 bits per heavy atom. The number of nitrogens with one attached hydrogen (secondary N) is 2. The Bertz CT molecular complexity index is 1250. The molecule has 0 aromatic heterocycles. The molecular weight excluding hydrogens is 436 g/mol. The smallest absolute Gasteiger partial charge is 0.261 e. The summed E-state index contributed by atoms with van der Waals surface area (Å²) < 4.78 is 33.3. The van der Waals surface area contributed by atoms with Gasteiger partial charge in [0.25, 0.3) is 15.9 Å². The number of hydrogen-bond donors (Lipinski definition) is 2. The predicted molar refractivity (Wildman–Crippen MR) is 131 cm³/mol. The van der Waals surface area contributed by atoms with Crippen molar-refractivity contribution in [1.29, 1.82) is 0 Å². The quantitative estimate of drug-likeness (QED) is 0.491. The van der Waals surface area contributed by atoms with E-state index < -0.39 is 10.0 Å². The Morgan fingerprint density at radius 2 is 1.58 bits per heavy atom. The average molecular weight is 467 g/mol. The van der Waals surface area contributed by atoms with E-state index in [0.29, 0.717) is 11.4 Å². The molecule has 1 amide bonds. The van der Waals surface area contributed by atoms with Crippen LogP contribution in [0.4, 0.5) is 5.69 Å². The number of sulfonamides is 1.